The lowest BCUT2D eigenvalue weighted by atomic mass is 10.2. The Kier molecular flexibility index (Phi) is 5.63. The lowest BCUT2D eigenvalue weighted by Gasteiger charge is -2.15. The maximum Gasteiger partial charge on any atom is 0.144 e. The zero-order chi connectivity index (χ0) is 12.7. The van der Waals surface area contributed by atoms with Crippen LogP contribution in [0.15, 0.2) is 18.2 Å². The molecule has 0 aliphatic carbocycles. The van der Waals surface area contributed by atoms with Crippen molar-refractivity contribution in [1.29, 1.82) is 0 Å². The van der Waals surface area contributed by atoms with Crippen LogP contribution in [-0.2, 0) is 4.74 Å². The van der Waals surface area contributed by atoms with E-state index < -0.39 is 0 Å². The number of hydrogen-bond donors (Lipinski definition) is 2. The fourth-order valence-corrected chi connectivity index (χ4v) is 1.53. The van der Waals surface area contributed by atoms with Crippen LogP contribution < -0.4 is 15.8 Å². The predicted octanol–water partition coefficient (Wildman–Crippen LogP) is 2.50. The molecular weight excluding hydrogens is 216 g/mol. The quantitative estimate of drug-likeness (QED) is 0.717. The molecule has 0 fully saturated rings. The molecule has 1 atom stereocenters. The first-order valence-corrected chi connectivity index (χ1v) is 6.05. The molecule has 0 aromatic heterocycles. The SMILES string of the molecule is CCOc1cc(NCC(C)OCC)ccc1N. The molecular formula is C13H22N2O2. The molecule has 0 heterocycles. The van der Waals surface area contributed by atoms with E-state index in [1.165, 1.54) is 0 Å². The highest BCUT2D eigenvalue weighted by Crippen LogP contribution is 2.25. The average molecular weight is 238 g/mol. The van der Waals surface area contributed by atoms with Crippen LogP contribution >= 0.6 is 0 Å². The van der Waals surface area contributed by atoms with E-state index in [9.17, 15) is 0 Å². The highest BCUT2D eigenvalue weighted by atomic mass is 16.5. The van der Waals surface area contributed by atoms with Gasteiger partial charge in [-0.15, -0.1) is 0 Å². The Morgan fingerprint density at radius 1 is 1.29 bits per heavy atom. The Morgan fingerprint density at radius 2 is 2.06 bits per heavy atom. The summed E-state index contributed by atoms with van der Waals surface area (Å²) in [6.07, 6.45) is 0.188. The summed E-state index contributed by atoms with van der Waals surface area (Å²) in [7, 11) is 0. The first-order chi connectivity index (χ1) is 8.17. The van der Waals surface area contributed by atoms with Crippen LogP contribution in [0.3, 0.4) is 0 Å². The van der Waals surface area contributed by atoms with Gasteiger partial charge in [0.2, 0.25) is 0 Å². The fraction of sp³-hybridized carbons (Fsp3) is 0.538. The molecule has 0 radical (unpaired) electrons. The summed E-state index contributed by atoms with van der Waals surface area (Å²) in [5.74, 6) is 0.724. The molecule has 1 aromatic carbocycles. The van der Waals surface area contributed by atoms with Crippen molar-refractivity contribution in [2.45, 2.75) is 26.9 Å². The van der Waals surface area contributed by atoms with Gasteiger partial charge in [0.05, 0.1) is 18.4 Å². The molecule has 4 heteroatoms. The summed E-state index contributed by atoms with van der Waals surface area (Å²) in [6, 6.07) is 5.70. The number of ether oxygens (including phenoxy) is 2. The molecule has 4 nitrogen and oxygen atoms in total. The average Bonchev–Trinajstić information content (AvgIpc) is 2.31. The zero-order valence-corrected chi connectivity index (χ0v) is 10.8. The molecule has 96 valence electrons. The van der Waals surface area contributed by atoms with E-state index in [-0.39, 0.29) is 6.10 Å². The van der Waals surface area contributed by atoms with E-state index in [0.29, 0.717) is 12.3 Å². The van der Waals surface area contributed by atoms with E-state index in [1.807, 2.05) is 39.0 Å². The van der Waals surface area contributed by atoms with Gasteiger partial charge < -0.3 is 20.5 Å². The van der Waals surface area contributed by atoms with Crippen molar-refractivity contribution in [3.8, 4) is 5.75 Å². The summed E-state index contributed by atoms with van der Waals surface area (Å²) < 4.78 is 10.9. The fourth-order valence-electron chi connectivity index (χ4n) is 1.53. The molecule has 1 rings (SSSR count). The topological polar surface area (TPSA) is 56.5 Å². The van der Waals surface area contributed by atoms with Crippen molar-refractivity contribution in [3.05, 3.63) is 18.2 Å². The van der Waals surface area contributed by atoms with Gasteiger partial charge in [-0.3, -0.25) is 0 Å². The summed E-state index contributed by atoms with van der Waals surface area (Å²) in [4.78, 5) is 0. The van der Waals surface area contributed by atoms with E-state index in [1.54, 1.807) is 0 Å². The van der Waals surface area contributed by atoms with Gasteiger partial charge in [0.25, 0.3) is 0 Å². The van der Waals surface area contributed by atoms with Gasteiger partial charge >= 0.3 is 0 Å². The lowest BCUT2D eigenvalue weighted by molar-refractivity contribution is 0.0855. The Balaban J connectivity index is 2.56. The third-order valence-corrected chi connectivity index (χ3v) is 2.36. The van der Waals surface area contributed by atoms with Gasteiger partial charge in [-0.2, -0.15) is 0 Å². The third kappa shape index (κ3) is 4.53. The first kappa shape index (κ1) is 13.6. The van der Waals surface area contributed by atoms with Crippen LogP contribution in [0.5, 0.6) is 5.75 Å². The van der Waals surface area contributed by atoms with Crippen LogP contribution in [0, 0.1) is 0 Å². The van der Waals surface area contributed by atoms with Crippen molar-refractivity contribution in [1.82, 2.24) is 0 Å². The number of hydrogen-bond acceptors (Lipinski definition) is 4. The number of nitrogens with two attached hydrogens (primary N) is 1. The molecule has 0 amide bonds. The zero-order valence-electron chi connectivity index (χ0n) is 10.8. The van der Waals surface area contributed by atoms with Gasteiger partial charge in [-0.05, 0) is 32.9 Å². The molecule has 3 N–H and O–H groups in total. The number of rotatable bonds is 7. The van der Waals surface area contributed by atoms with Crippen LogP contribution in [0.4, 0.5) is 11.4 Å². The van der Waals surface area contributed by atoms with Crippen molar-refractivity contribution in [2.75, 3.05) is 30.8 Å². The summed E-state index contributed by atoms with van der Waals surface area (Å²) in [5, 5.41) is 3.29. The van der Waals surface area contributed by atoms with Gasteiger partial charge in [-0.25, -0.2) is 0 Å². The standard InChI is InChI=1S/C13H22N2O2/c1-4-16-10(3)9-15-11-6-7-12(14)13(8-11)17-5-2/h6-8,10,15H,4-5,9,14H2,1-3H3. The summed E-state index contributed by atoms with van der Waals surface area (Å²) >= 11 is 0. The smallest absolute Gasteiger partial charge is 0.144 e. The van der Waals surface area contributed by atoms with Crippen LogP contribution in [0.2, 0.25) is 0 Å². The molecule has 0 aliphatic rings. The normalized spacial score (nSPS) is 12.2. The van der Waals surface area contributed by atoms with Crippen LogP contribution in [-0.4, -0.2) is 25.9 Å². The monoisotopic (exact) mass is 238 g/mol. The molecule has 17 heavy (non-hydrogen) atoms. The highest BCUT2D eigenvalue weighted by molar-refractivity contribution is 5.61. The number of benzene rings is 1. The van der Waals surface area contributed by atoms with E-state index in [4.69, 9.17) is 15.2 Å². The molecule has 0 bridgehead atoms. The molecule has 1 unspecified atom stereocenters. The van der Waals surface area contributed by atoms with Crippen molar-refractivity contribution in [3.63, 3.8) is 0 Å². The second-order valence-electron chi connectivity index (χ2n) is 3.83. The summed E-state index contributed by atoms with van der Waals surface area (Å²) in [6.45, 7) is 8.09. The van der Waals surface area contributed by atoms with Crippen molar-refractivity contribution < 1.29 is 9.47 Å². The minimum atomic E-state index is 0.188. The molecule has 0 saturated heterocycles. The maximum absolute atomic E-state index is 5.80. The van der Waals surface area contributed by atoms with Crippen molar-refractivity contribution in [2.24, 2.45) is 0 Å². The van der Waals surface area contributed by atoms with E-state index in [2.05, 4.69) is 5.32 Å². The lowest BCUT2D eigenvalue weighted by Crippen LogP contribution is -2.19. The second kappa shape index (κ2) is 7.01. The van der Waals surface area contributed by atoms with Gasteiger partial charge in [0.1, 0.15) is 5.75 Å². The Hall–Kier alpha value is -1.42. The number of nitrogens with one attached hydrogen (secondary N) is 1. The third-order valence-electron chi connectivity index (χ3n) is 2.36. The summed E-state index contributed by atoms with van der Waals surface area (Å²) in [5.41, 5.74) is 7.46. The molecule has 0 aliphatic heterocycles. The van der Waals surface area contributed by atoms with Crippen molar-refractivity contribution >= 4 is 11.4 Å². The minimum Gasteiger partial charge on any atom is -0.492 e. The van der Waals surface area contributed by atoms with Crippen LogP contribution in [0.1, 0.15) is 20.8 Å². The van der Waals surface area contributed by atoms with Crippen LogP contribution in [0.25, 0.3) is 0 Å². The van der Waals surface area contributed by atoms with Gasteiger partial charge in [0, 0.05) is 24.9 Å². The first-order valence-electron chi connectivity index (χ1n) is 6.05. The largest absolute Gasteiger partial charge is 0.492 e. The second-order valence-corrected chi connectivity index (χ2v) is 3.83. The Labute approximate surface area is 103 Å². The molecule has 0 spiro atoms. The highest BCUT2D eigenvalue weighted by Gasteiger charge is 2.04. The van der Waals surface area contributed by atoms with E-state index in [0.717, 1.165) is 24.6 Å². The Morgan fingerprint density at radius 3 is 2.71 bits per heavy atom. The Bertz CT molecular complexity index is 342. The predicted molar refractivity (Wildman–Crippen MR) is 71.6 cm³/mol. The van der Waals surface area contributed by atoms with Gasteiger partial charge in [-0.1, -0.05) is 0 Å². The molecule has 0 saturated carbocycles. The molecule has 1 aromatic rings. The maximum atomic E-state index is 5.80. The number of anilines is 2. The minimum absolute atomic E-state index is 0.188. The number of nitrogen functional groups attached to an aromatic ring is 1. The van der Waals surface area contributed by atoms with E-state index >= 15 is 0 Å². The van der Waals surface area contributed by atoms with Gasteiger partial charge in [0.15, 0.2) is 0 Å².